The van der Waals surface area contributed by atoms with Crippen molar-refractivity contribution in [3.05, 3.63) is 0 Å². The van der Waals surface area contributed by atoms with Crippen LogP contribution in [0.3, 0.4) is 0 Å². The average Bonchev–Trinajstić information content (AvgIpc) is 2.93. The van der Waals surface area contributed by atoms with Crippen LogP contribution in [0.5, 0.6) is 0 Å². The molecule has 2 fully saturated rings. The second kappa shape index (κ2) is 7.37. The Labute approximate surface area is 152 Å². The molecule has 0 aromatic rings. The third-order valence-corrected chi connectivity index (χ3v) is 6.79. The number of halogens is 3. The molecule has 7 heteroatoms. The highest BCUT2D eigenvalue weighted by Crippen LogP contribution is 2.40. The van der Waals surface area contributed by atoms with E-state index in [0.29, 0.717) is 12.3 Å². The van der Waals surface area contributed by atoms with Gasteiger partial charge < -0.3 is 5.11 Å². The number of hydrazone groups is 1. The van der Waals surface area contributed by atoms with Crippen molar-refractivity contribution in [3.63, 3.8) is 0 Å². The van der Waals surface area contributed by atoms with Crippen molar-refractivity contribution in [1.82, 2.24) is 5.01 Å². The maximum absolute atomic E-state index is 11.4. The number of aliphatic carboxylic acids is 1. The summed E-state index contributed by atoms with van der Waals surface area (Å²) in [4.78, 5) is 11.4. The lowest BCUT2D eigenvalue weighted by molar-refractivity contribution is -0.129. The summed E-state index contributed by atoms with van der Waals surface area (Å²) in [5.41, 5.74) is 0.264. The number of carboxylic acid groups (broad SMARTS) is 1. The molecule has 0 radical (unpaired) electrons. The van der Waals surface area contributed by atoms with E-state index in [-0.39, 0.29) is 33.9 Å². The van der Waals surface area contributed by atoms with E-state index in [0.717, 1.165) is 44.9 Å². The van der Waals surface area contributed by atoms with Gasteiger partial charge in [0.25, 0.3) is 0 Å². The second-order valence-corrected chi connectivity index (χ2v) is 8.80. The van der Waals surface area contributed by atoms with Crippen molar-refractivity contribution >= 4 is 46.5 Å². The molecule has 4 unspecified atom stereocenters. The number of hydrogen-bond acceptors (Lipinski definition) is 3. The lowest BCUT2D eigenvalue weighted by Gasteiger charge is -2.42. The summed E-state index contributed by atoms with van der Waals surface area (Å²) >= 11 is 19.0. The predicted molar refractivity (Wildman–Crippen MR) is 93.8 cm³/mol. The van der Waals surface area contributed by atoms with E-state index in [4.69, 9.17) is 34.8 Å². The summed E-state index contributed by atoms with van der Waals surface area (Å²) in [6, 6.07) is 0.227. The van der Waals surface area contributed by atoms with Crippen LogP contribution in [0.1, 0.15) is 51.4 Å². The molecule has 2 saturated carbocycles. The normalized spacial score (nSPS) is 41.7. The average molecular weight is 382 g/mol. The minimum Gasteiger partial charge on any atom is -0.477 e. The Morgan fingerprint density at radius 2 is 1.65 bits per heavy atom. The van der Waals surface area contributed by atoms with E-state index in [9.17, 15) is 9.90 Å². The zero-order valence-corrected chi connectivity index (χ0v) is 15.3. The highest BCUT2D eigenvalue weighted by molar-refractivity contribution is 6.36. The summed E-state index contributed by atoms with van der Waals surface area (Å²) in [5, 5.41) is 16.1. The number of carboxylic acids is 1. The van der Waals surface area contributed by atoms with E-state index < -0.39 is 5.97 Å². The Hall–Kier alpha value is -0.190. The molecule has 130 valence electrons. The lowest BCUT2D eigenvalue weighted by Crippen LogP contribution is -2.48. The number of carbonyl (C=O) groups is 1. The van der Waals surface area contributed by atoms with Crippen LogP contribution in [0.2, 0.25) is 0 Å². The number of alkyl halides is 3. The molecule has 0 amide bonds. The van der Waals surface area contributed by atoms with Gasteiger partial charge in [-0.3, -0.25) is 5.01 Å². The van der Waals surface area contributed by atoms with Crippen molar-refractivity contribution < 1.29 is 9.90 Å². The molecule has 0 aromatic heterocycles. The molecule has 0 spiro atoms. The van der Waals surface area contributed by atoms with E-state index in [1.807, 2.05) is 5.01 Å². The van der Waals surface area contributed by atoms with Crippen molar-refractivity contribution in [3.8, 4) is 0 Å². The standard InChI is InChI=1S/C16H23Cl3N2O2/c17-10-3-1-9(2-4-10)15-8-13(16(22)23)20-21(15)14-6-5-11(18)7-12(14)19/h9-12,14-15H,1-8H2,(H,22,23). The highest BCUT2D eigenvalue weighted by atomic mass is 35.5. The first kappa shape index (κ1) is 17.6. The van der Waals surface area contributed by atoms with Gasteiger partial charge in [0.05, 0.1) is 17.5 Å². The molecule has 0 aromatic carbocycles. The summed E-state index contributed by atoms with van der Waals surface area (Å²) in [7, 11) is 0. The van der Waals surface area contributed by atoms with Gasteiger partial charge >= 0.3 is 5.97 Å². The minimum atomic E-state index is -0.916. The fraction of sp³-hybridized carbons (Fsp3) is 0.875. The van der Waals surface area contributed by atoms with Crippen LogP contribution in [-0.2, 0) is 4.79 Å². The topological polar surface area (TPSA) is 52.9 Å². The Balaban J connectivity index is 1.76. The van der Waals surface area contributed by atoms with Gasteiger partial charge in [0.15, 0.2) is 0 Å². The van der Waals surface area contributed by atoms with Gasteiger partial charge in [-0.25, -0.2) is 4.79 Å². The monoisotopic (exact) mass is 380 g/mol. The zero-order valence-electron chi connectivity index (χ0n) is 13.0. The van der Waals surface area contributed by atoms with Crippen LogP contribution < -0.4 is 0 Å². The van der Waals surface area contributed by atoms with E-state index >= 15 is 0 Å². The van der Waals surface area contributed by atoms with Crippen LogP contribution in [0.15, 0.2) is 5.10 Å². The number of nitrogens with zero attached hydrogens (tertiary/aromatic N) is 2. The van der Waals surface area contributed by atoms with Crippen LogP contribution in [0.25, 0.3) is 0 Å². The number of rotatable bonds is 3. The van der Waals surface area contributed by atoms with E-state index in [1.165, 1.54) is 0 Å². The first-order valence-electron chi connectivity index (χ1n) is 8.47. The zero-order chi connectivity index (χ0) is 16.6. The Morgan fingerprint density at radius 1 is 1.00 bits per heavy atom. The SMILES string of the molecule is O=C(O)C1=NN(C2CCC(Cl)CC2Cl)C(C2CCC(Cl)CC2)C1. The molecule has 4 atom stereocenters. The molecule has 3 aliphatic rings. The molecular formula is C16H23Cl3N2O2. The molecule has 0 bridgehead atoms. The summed E-state index contributed by atoms with van der Waals surface area (Å²) in [5.74, 6) is -0.469. The molecule has 1 N–H and O–H groups in total. The molecule has 1 heterocycles. The van der Waals surface area contributed by atoms with Crippen molar-refractivity contribution in [2.24, 2.45) is 11.0 Å². The van der Waals surface area contributed by atoms with Gasteiger partial charge in [0, 0.05) is 17.2 Å². The van der Waals surface area contributed by atoms with Crippen LogP contribution in [0.4, 0.5) is 0 Å². The Bertz CT molecular complexity index is 480. The third-order valence-electron chi connectivity index (χ3n) is 5.48. The largest absolute Gasteiger partial charge is 0.477 e. The molecular weight excluding hydrogens is 359 g/mol. The van der Waals surface area contributed by atoms with E-state index in [2.05, 4.69) is 5.10 Å². The van der Waals surface area contributed by atoms with Crippen molar-refractivity contribution in [1.29, 1.82) is 0 Å². The van der Waals surface area contributed by atoms with Crippen molar-refractivity contribution in [2.45, 2.75) is 79.6 Å². The maximum atomic E-state index is 11.4. The van der Waals surface area contributed by atoms with Crippen molar-refractivity contribution in [2.75, 3.05) is 0 Å². The van der Waals surface area contributed by atoms with Crippen LogP contribution in [-0.4, -0.2) is 50.0 Å². The van der Waals surface area contributed by atoms with Gasteiger partial charge in [-0.1, -0.05) is 0 Å². The molecule has 3 rings (SSSR count). The summed E-state index contributed by atoms with van der Waals surface area (Å²) in [6.07, 6.45) is 7.12. The molecule has 0 saturated heterocycles. The minimum absolute atomic E-state index is 0.0741. The first-order valence-corrected chi connectivity index (χ1v) is 9.78. The fourth-order valence-electron chi connectivity index (χ4n) is 4.19. The fourth-order valence-corrected chi connectivity index (χ4v) is 5.31. The van der Waals surface area contributed by atoms with Gasteiger partial charge in [-0.05, 0) is 50.9 Å². The first-order chi connectivity index (χ1) is 11.0. The lowest BCUT2D eigenvalue weighted by atomic mass is 9.81. The number of hydrogen-bond donors (Lipinski definition) is 1. The maximum Gasteiger partial charge on any atom is 0.352 e. The summed E-state index contributed by atoms with van der Waals surface area (Å²) in [6.45, 7) is 0. The van der Waals surface area contributed by atoms with Crippen LogP contribution >= 0.6 is 34.8 Å². The smallest absolute Gasteiger partial charge is 0.352 e. The van der Waals surface area contributed by atoms with Crippen LogP contribution in [0, 0.1) is 5.92 Å². The molecule has 2 aliphatic carbocycles. The van der Waals surface area contributed by atoms with E-state index in [1.54, 1.807) is 0 Å². The Kier molecular flexibility index (Phi) is 5.64. The third kappa shape index (κ3) is 3.91. The van der Waals surface area contributed by atoms with Gasteiger partial charge in [-0.15, -0.1) is 34.8 Å². The highest BCUT2D eigenvalue weighted by Gasteiger charge is 2.43. The van der Waals surface area contributed by atoms with Gasteiger partial charge in [-0.2, -0.15) is 5.10 Å². The molecule has 1 aliphatic heterocycles. The predicted octanol–water partition coefficient (Wildman–Crippen LogP) is 4.07. The molecule has 4 nitrogen and oxygen atoms in total. The van der Waals surface area contributed by atoms with Gasteiger partial charge in [0.1, 0.15) is 5.71 Å². The quantitative estimate of drug-likeness (QED) is 0.750. The summed E-state index contributed by atoms with van der Waals surface area (Å²) < 4.78 is 0. The Morgan fingerprint density at radius 3 is 2.26 bits per heavy atom. The molecule has 23 heavy (non-hydrogen) atoms. The second-order valence-electron chi connectivity index (χ2n) is 7.01. The van der Waals surface area contributed by atoms with Gasteiger partial charge in [0.2, 0.25) is 0 Å².